The maximum atomic E-state index is 14.0. The van der Waals surface area contributed by atoms with Gasteiger partial charge < -0.3 is 5.32 Å². The molecule has 2 aliphatic rings. The van der Waals surface area contributed by atoms with Crippen LogP contribution in [0.3, 0.4) is 0 Å². The van der Waals surface area contributed by atoms with E-state index in [0.717, 1.165) is 12.8 Å². The van der Waals surface area contributed by atoms with Gasteiger partial charge in [0.2, 0.25) is 0 Å². The lowest BCUT2D eigenvalue weighted by molar-refractivity contribution is -0.113. The Labute approximate surface area is 144 Å². The van der Waals surface area contributed by atoms with E-state index in [1.165, 1.54) is 12.1 Å². The highest BCUT2D eigenvalue weighted by Gasteiger charge is 2.40. The molecule has 0 amide bonds. The quantitative estimate of drug-likeness (QED) is 0.835. The van der Waals surface area contributed by atoms with E-state index in [4.69, 9.17) is 0 Å². The second kappa shape index (κ2) is 6.37. The summed E-state index contributed by atoms with van der Waals surface area (Å²) in [5.74, 6) is -0.845. The number of ketones is 1. The van der Waals surface area contributed by atoms with Gasteiger partial charge in [-0.3, -0.25) is 4.79 Å². The predicted octanol–water partition coefficient (Wildman–Crippen LogP) is 4.14. The van der Waals surface area contributed by atoms with E-state index in [0.29, 0.717) is 22.3 Å². The zero-order valence-electron chi connectivity index (χ0n) is 13.5. The Morgan fingerprint density at radius 2 is 1.24 bits per heavy atom. The molecule has 2 aromatic carbocycles. The fourth-order valence-electron chi connectivity index (χ4n) is 3.57. The zero-order valence-corrected chi connectivity index (χ0v) is 13.5. The summed E-state index contributed by atoms with van der Waals surface area (Å²) in [4.78, 5) is 13.0. The topological polar surface area (TPSA) is 29.1 Å². The van der Waals surface area contributed by atoms with Crippen LogP contribution in [0.4, 0.5) is 8.78 Å². The zero-order chi connectivity index (χ0) is 17.4. The van der Waals surface area contributed by atoms with Crippen molar-refractivity contribution in [3.8, 4) is 0 Å². The minimum atomic E-state index is -0.359. The molecule has 0 aromatic heterocycles. The van der Waals surface area contributed by atoms with E-state index in [-0.39, 0.29) is 29.5 Å². The summed E-state index contributed by atoms with van der Waals surface area (Å²) in [6.45, 7) is 0. The van der Waals surface area contributed by atoms with Crippen molar-refractivity contribution < 1.29 is 13.6 Å². The van der Waals surface area contributed by atoms with Crippen molar-refractivity contribution in [1.29, 1.82) is 0 Å². The van der Waals surface area contributed by atoms with Gasteiger partial charge in [-0.2, -0.15) is 0 Å². The molecule has 0 spiro atoms. The van der Waals surface area contributed by atoms with Crippen LogP contribution in [0.25, 0.3) is 12.2 Å². The molecule has 1 N–H and O–H groups in total. The first kappa shape index (κ1) is 15.9. The van der Waals surface area contributed by atoms with E-state index in [9.17, 15) is 13.6 Å². The second-order valence-electron chi connectivity index (χ2n) is 6.42. The molecule has 2 bridgehead atoms. The van der Waals surface area contributed by atoms with Crippen molar-refractivity contribution in [3.63, 3.8) is 0 Å². The molecule has 25 heavy (non-hydrogen) atoms. The third-order valence-corrected chi connectivity index (χ3v) is 4.85. The van der Waals surface area contributed by atoms with Gasteiger partial charge in [0.1, 0.15) is 11.6 Å². The van der Waals surface area contributed by atoms with Crippen molar-refractivity contribution in [2.45, 2.75) is 24.9 Å². The molecule has 2 fully saturated rings. The van der Waals surface area contributed by atoms with Crippen LogP contribution in [0.1, 0.15) is 24.0 Å². The second-order valence-corrected chi connectivity index (χ2v) is 6.42. The van der Waals surface area contributed by atoms with Crippen LogP contribution in [0.15, 0.2) is 59.7 Å². The molecular weight excluding hydrogens is 320 g/mol. The minimum Gasteiger partial charge on any atom is -0.303 e. The number of rotatable bonds is 2. The van der Waals surface area contributed by atoms with Gasteiger partial charge in [0, 0.05) is 34.4 Å². The maximum absolute atomic E-state index is 14.0. The van der Waals surface area contributed by atoms with Crippen molar-refractivity contribution in [2.24, 2.45) is 0 Å². The number of piperidine rings is 1. The Morgan fingerprint density at radius 1 is 0.800 bits per heavy atom. The monoisotopic (exact) mass is 337 g/mol. The third kappa shape index (κ3) is 2.94. The molecule has 0 aliphatic carbocycles. The predicted molar refractivity (Wildman–Crippen MR) is 93.7 cm³/mol. The Bertz CT molecular complexity index is 829. The lowest BCUT2D eigenvalue weighted by atomic mass is 9.89. The van der Waals surface area contributed by atoms with Crippen LogP contribution in [0, 0.1) is 11.6 Å². The van der Waals surface area contributed by atoms with Crippen molar-refractivity contribution >= 4 is 17.9 Å². The molecule has 2 saturated heterocycles. The molecule has 4 rings (SSSR count). The standard InChI is InChI=1S/C21H17F2NO/c22-17-7-3-1-5-13(17)11-15-19-9-10-20(24-19)16(21(15)25)12-14-6-2-4-8-18(14)23/h1-8,11-12,19-20,24H,9-10H2/b15-11+,16-12+. The Hall–Kier alpha value is -2.59. The third-order valence-electron chi connectivity index (χ3n) is 4.85. The molecule has 2 aliphatic heterocycles. The van der Waals surface area contributed by atoms with Gasteiger partial charge in [0.15, 0.2) is 5.78 Å². The van der Waals surface area contributed by atoms with Gasteiger partial charge in [0.25, 0.3) is 0 Å². The summed E-state index contributed by atoms with van der Waals surface area (Å²) in [5.41, 5.74) is 1.87. The van der Waals surface area contributed by atoms with E-state index in [1.54, 1.807) is 48.6 Å². The number of benzene rings is 2. The summed E-state index contributed by atoms with van der Waals surface area (Å²) >= 11 is 0. The molecule has 2 atom stereocenters. The lowest BCUT2D eigenvalue weighted by Gasteiger charge is -2.26. The first-order valence-electron chi connectivity index (χ1n) is 8.36. The average molecular weight is 337 g/mol. The molecule has 4 heteroatoms. The highest BCUT2D eigenvalue weighted by atomic mass is 19.1. The van der Waals surface area contributed by atoms with Gasteiger partial charge in [-0.1, -0.05) is 36.4 Å². The number of hydrogen-bond acceptors (Lipinski definition) is 2. The summed E-state index contributed by atoms with van der Waals surface area (Å²) in [5, 5.41) is 3.40. The molecular formula is C21H17F2NO. The fourth-order valence-corrected chi connectivity index (χ4v) is 3.57. The van der Waals surface area contributed by atoms with Crippen LogP contribution in [-0.4, -0.2) is 17.9 Å². The average Bonchev–Trinajstić information content (AvgIpc) is 3.05. The molecule has 0 saturated carbocycles. The van der Waals surface area contributed by atoms with Gasteiger partial charge in [-0.15, -0.1) is 0 Å². The normalized spacial score (nSPS) is 25.8. The van der Waals surface area contributed by atoms with Crippen molar-refractivity contribution in [1.82, 2.24) is 5.32 Å². The van der Waals surface area contributed by atoms with E-state index >= 15 is 0 Å². The highest BCUT2D eigenvalue weighted by molar-refractivity contribution is 6.16. The first-order valence-corrected chi connectivity index (χ1v) is 8.36. The molecule has 2 unspecified atom stereocenters. The fraction of sp³-hybridized carbons (Fsp3) is 0.190. The van der Waals surface area contributed by atoms with Gasteiger partial charge >= 0.3 is 0 Å². The number of hydrogen-bond donors (Lipinski definition) is 1. The van der Waals surface area contributed by atoms with Crippen molar-refractivity contribution in [2.75, 3.05) is 0 Å². The summed E-state index contributed by atoms with van der Waals surface area (Å²) in [6, 6.07) is 12.6. The van der Waals surface area contributed by atoms with Gasteiger partial charge in [0.05, 0.1) is 0 Å². The summed E-state index contributed by atoms with van der Waals surface area (Å²) in [7, 11) is 0. The largest absolute Gasteiger partial charge is 0.303 e. The van der Waals surface area contributed by atoms with Crippen LogP contribution < -0.4 is 5.32 Å². The Balaban J connectivity index is 1.77. The number of carbonyl (C=O) groups excluding carboxylic acids is 1. The summed E-state index contributed by atoms with van der Waals surface area (Å²) in [6.07, 6.45) is 4.86. The Kier molecular flexibility index (Phi) is 4.06. The SMILES string of the molecule is O=C1/C(=C/c2ccccc2F)C2CCC(N2)/C1=C\c1ccccc1F. The van der Waals surface area contributed by atoms with E-state index in [2.05, 4.69) is 5.32 Å². The smallest absolute Gasteiger partial charge is 0.188 e. The minimum absolute atomic E-state index is 0.0742. The molecule has 126 valence electrons. The Morgan fingerprint density at radius 3 is 1.68 bits per heavy atom. The van der Waals surface area contributed by atoms with Crippen LogP contribution in [0.5, 0.6) is 0 Å². The van der Waals surface area contributed by atoms with Crippen LogP contribution >= 0.6 is 0 Å². The first-order chi connectivity index (χ1) is 12.1. The molecule has 2 aromatic rings. The van der Waals surface area contributed by atoms with Crippen LogP contribution in [0.2, 0.25) is 0 Å². The maximum Gasteiger partial charge on any atom is 0.188 e. The number of nitrogens with one attached hydrogen (secondary N) is 1. The van der Waals surface area contributed by atoms with Gasteiger partial charge in [-0.25, -0.2) is 8.78 Å². The molecule has 0 radical (unpaired) electrons. The van der Waals surface area contributed by atoms with E-state index in [1.807, 2.05) is 0 Å². The molecule has 2 nitrogen and oxygen atoms in total. The number of carbonyl (C=O) groups is 1. The number of halogens is 2. The molecule has 2 heterocycles. The van der Waals surface area contributed by atoms with Crippen LogP contribution in [-0.2, 0) is 4.79 Å². The summed E-state index contributed by atoms with van der Waals surface area (Å²) < 4.78 is 27.9. The number of Topliss-reactive ketones (excluding diaryl/α,β-unsaturated/α-hetero) is 1. The van der Waals surface area contributed by atoms with Crippen molar-refractivity contribution in [3.05, 3.63) is 82.4 Å². The lowest BCUT2D eigenvalue weighted by Crippen LogP contribution is -2.42. The highest BCUT2D eigenvalue weighted by Crippen LogP contribution is 2.34. The number of fused-ring (bicyclic) bond motifs is 2. The van der Waals surface area contributed by atoms with Gasteiger partial charge in [-0.05, 0) is 37.1 Å². The van der Waals surface area contributed by atoms with E-state index < -0.39 is 0 Å².